The Morgan fingerprint density at radius 1 is 1.13 bits per heavy atom. The molecule has 1 amide bonds. The predicted molar refractivity (Wildman–Crippen MR) is 116 cm³/mol. The number of carbonyl (C=O) groups excluding carboxylic acids is 1. The summed E-state index contributed by atoms with van der Waals surface area (Å²) >= 11 is 12.6. The van der Waals surface area contributed by atoms with Gasteiger partial charge in [-0.15, -0.1) is 0 Å². The number of carbonyl (C=O) groups is 1. The van der Waals surface area contributed by atoms with E-state index in [1.54, 1.807) is 36.1 Å². The van der Waals surface area contributed by atoms with Crippen LogP contribution in [0.5, 0.6) is 0 Å². The van der Waals surface area contributed by atoms with Gasteiger partial charge in [0.25, 0.3) is 11.6 Å². The molecule has 0 bridgehead atoms. The molecule has 0 radical (unpaired) electrons. The second-order valence-corrected chi connectivity index (χ2v) is 7.78. The van der Waals surface area contributed by atoms with Crippen molar-refractivity contribution in [3.05, 3.63) is 68.0 Å². The first-order valence-electron chi connectivity index (χ1n) is 9.42. The highest BCUT2D eigenvalue weighted by Crippen LogP contribution is 2.37. The molecular weight excluding hydrogens is 445 g/mol. The number of benzene rings is 1. The van der Waals surface area contributed by atoms with E-state index in [1.165, 1.54) is 12.3 Å². The molecule has 0 aliphatic carbocycles. The molecule has 0 unspecified atom stereocenters. The van der Waals surface area contributed by atoms with E-state index in [1.807, 2.05) is 4.90 Å². The summed E-state index contributed by atoms with van der Waals surface area (Å²) in [6.45, 7) is 3.62. The maximum atomic E-state index is 13.3. The van der Waals surface area contributed by atoms with Crippen molar-refractivity contribution in [2.45, 2.75) is 6.92 Å². The van der Waals surface area contributed by atoms with Gasteiger partial charge in [0.2, 0.25) is 0 Å². The third kappa shape index (κ3) is 4.06. The highest BCUT2D eigenvalue weighted by molar-refractivity contribution is 6.39. The number of hydrogen-bond donors (Lipinski definition) is 0. The Bertz CT molecular complexity index is 1120. The van der Waals surface area contributed by atoms with Crippen LogP contribution < -0.4 is 4.90 Å². The molecule has 0 atom stereocenters. The fourth-order valence-corrected chi connectivity index (χ4v) is 4.07. The molecule has 31 heavy (non-hydrogen) atoms. The van der Waals surface area contributed by atoms with Crippen LogP contribution in [0.3, 0.4) is 0 Å². The average Bonchev–Trinajstić information content (AvgIpc) is 3.14. The number of piperazine rings is 1. The molecule has 160 valence electrons. The Morgan fingerprint density at radius 2 is 1.81 bits per heavy atom. The van der Waals surface area contributed by atoms with Crippen molar-refractivity contribution >= 4 is 40.6 Å². The molecule has 3 heterocycles. The van der Waals surface area contributed by atoms with Crippen LogP contribution >= 0.6 is 23.2 Å². The van der Waals surface area contributed by atoms with Gasteiger partial charge in [-0.25, -0.2) is 4.98 Å². The van der Waals surface area contributed by atoms with Crippen molar-refractivity contribution in [2.24, 2.45) is 0 Å². The minimum absolute atomic E-state index is 0.0636. The Kier molecular flexibility index (Phi) is 5.79. The van der Waals surface area contributed by atoms with Crippen LogP contribution in [0.15, 0.2) is 41.1 Å². The molecule has 1 saturated heterocycles. The fraction of sp³-hybridized carbons (Fsp3) is 0.250. The van der Waals surface area contributed by atoms with E-state index in [2.05, 4.69) is 10.1 Å². The third-order valence-electron chi connectivity index (χ3n) is 5.11. The van der Waals surface area contributed by atoms with Crippen molar-refractivity contribution in [2.75, 3.05) is 31.1 Å². The Balaban J connectivity index is 1.52. The SMILES string of the molecule is Cc1onc(-c2c(Cl)cccc2Cl)c1C(=O)N1CCN(c2ccc([N+](=O)[O-])cn2)CC1. The van der Waals surface area contributed by atoms with E-state index in [0.29, 0.717) is 64.6 Å². The van der Waals surface area contributed by atoms with Crippen molar-refractivity contribution < 1.29 is 14.2 Å². The fourth-order valence-electron chi connectivity index (χ4n) is 3.49. The third-order valence-corrected chi connectivity index (χ3v) is 5.74. The minimum Gasteiger partial charge on any atom is -0.360 e. The van der Waals surface area contributed by atoms with Crippen LogP contribution in [0, 0.1) is 17.0 Å². The highest BCUT2D eigenvalue weighted by atomic mass is 35.5. The van der Waals surface area contributed by atoms with Gasteiger partial charge in [0.05, 0.1) is 15.0 Å². The number of aromatic nitrogens is 2. The van der Waals surface area contributed by atoms with Gasteiger partial charge in [0.15, 0.2) is 0 Å². The quantitative estimate of drug-likeness (QED) is 0.422. The van der Waals surface area contributed by atoms with E-state index < -0.39 is 4.92 Å². The van der Waals surface area contributed by atoms with Gasteiger partial charge in [0.1, 0.15) is 29.0 Å². The Hall–Kier alpha value is -3.17. The van der Waals surface area contributed by atoms with E-state index in [0.717, 1.165) is 0 Å². The first-order valence-corrected chi connectivity index (χ1v) is 10.2. The molecule has 0 spiro atoms. The lowest BCUT2D eigenvalue weighted by Gasteiger charge is -2.35. The number of hydrogen-bond acceptors (Lipinski definition) is 7. The van der Waals surface area contributed by atoms with E-state index >= 15 is 0 Å². The summed E-state index contributed by atoms with van der Waals surface area (Å²) in [6.07, 6.45) is 1.23. The molecular formula is C20H17Cl2N5O4. The second kappa shape index (κ2) is 8.52. The summed E-state index contributed by atoms with van der Waals surface area (Å²) in [7, 11) is 0. The normalized spacial score (nSPS) is 14.0. The lowest BCUT2D eigenvalue weighted by molar-refractivity contribution is -0.385. The Morgan fingerprint density at radius 3 is 2.39 bits per heavy atom. The van der Waals surface area contributed by atoms with Gasteiger partial charge >= 0.3 is 0 Å². The molecule has 11 heteroatoms. The summed E-state index contributed by atoms with van der Waals surface area (Å²) in [5.41, 5.74) is 1.04. The number of anilines is 1. The number of pyridine rings is 1. The number of aryl methyl sites for hydroxylation is 1. The van der Waals surface area contributed by atoms with Crippen LogP contribution in [-0.4, -0.2) is 52.1 Å². The number of nitro groups is 1. The minimum atomic E-state index is -0.489. The largest absolute Gasteiger partial charge is 0.360 e. The standard InChI is InChI=1S/C20H17Cl2N5O4/c1-12-17(19(24-31-12)18-14(21)3-2-4-15(18)22)20(28)26-9-7-25(8-10-26)16-6-5-13(11-23-16)27(29)30/h2-6,11H,7-10H2,1H3. The molecule has 1 aliphatic rings. The number of nitrogens with zero attached hydrogens (tertiary/aromatic N) is 5. The van der Waals surface area contributed by atoms with Gasteiger partial charge in [-0.3, -0.25) is 14.9 Å². The van der Waals surface area contributed by atoms with Gasteiger partial charge in [0, 0.05) is 37.8 Å². The number of amides is 1. The Labute approximate surface area is 187 Å². The molecule has 1 fully saturated rings. The van der Waals surface area contributed by atoms with Crippen molar-refractivity contribution in [3.8, 4) is 11.3 Å². The van der Waals surface area contributed by atoms with Gasteiger partial charge in [-0.1, -0.05) is 34.4 Å². The molecule has 3 aromatic rings. The van der Waals surface area contributed by atoms with E-state index in [-0.39, 0.29) is 11.6 Å². The molecule has 9 nitrogen and oxygen atoms in total. The average molecular weight is 462 g/mol. The molecule has 4 rings (SSSR count). The monoisotopic (exact) mass is 461 g/mol. The topological polar surface area (TPSA) is 106 Å². The molecule has 0 saturated carbocycles. The van der Waals surface area contributed by atoms with E-state index in [4.69, 9.17) is 27.7 Å². The van der Waals surface area contributed by atoms with Crippen molar-refractivity contribution in [1.29, 1.82) is 0 Å². The van der Waals surface area contributed by atoms with Crippen LogP contribution in [0.25, 0.3) is 11.3 Å². The number of halogens is 2. The summed E-state index contributed by atoms with van der Waals surface area (Å²) in [5.74, 6) is 0.791. The predicted octanol–water partition coefficient (Wildman–Crippen LogP) is 4.22. The van der Waals surface area contributed by atoms with E-state index in [9.17, 15) is 14.9 Å². The smallest absolute Gasteiger partial charge is 0.287 e. The van der Waals surface area contributed by atoms with Gasteiger partial charge in [-0.2, -0.15) is 0 Å². The lowest BCUT2D eigenvalue weighted by atomic mass is 10.0. The first kappa shape index (κ1) is 21.1. The van der Waals surface area contributed by atoms with Crippen LogP contribution in [0.4, 0.5) is 11.5 Å². The zero-order valence-electron chi connectivity index (χ0n) is 16.4. The second-order valence-electron chi connectivity index (χ2n) is 6.97. The molecule has 0 N–H and O–H groups in total. The summed E-state index contributed by atoms with van der Waals surface area (Å²) in [5, 5.41) is 15.6. The van der Waals surface area contributed by atoms with Crippen molar-refractivity contribution in [3.63, 3.8) is 0 Å². The molecule has 2 aromatic heterocycles. The van der Waals surface area contributed by atoms with Crippen LogP contribution in [0.1, 0.15) is 16.1 Å². The lowest BCUT2D eigenvalue weighted by Crippen LogP contribution is -2.49. The van der Waals surface area contributed by atoms with Crippen molar-refractivity contribution in [1.82, 2.24) is 15.0 Å². The van der Waals surface area contributed by atoms with Gasteiger partial charge in [-0.05, 0) is 25.1 Å². The zero-order chi connectivity index (χ0) is 22.1. The highest BCUT2D eigenvalue weighted by Gasteiger charge is 2.30. The van der Waals surface area contributed by atoms with Gasteiger partial charge < -0.3 is 14.3 Å². The summed E-state index contributed by atoms with van der Waals surface area (Å²) in [6, 6.07) is 8.10. The zero-order valence-corrected chi connectivity index (χ0v) is 17.9. The summed E-state index contributed by atoms with van der Waals surface area (Å²) in [4.78, 5) is 31.4. The molecule has 1 aromatic carbocycles. The number of rotatable bonds is 4. The van der Waals surface area contributed by atoms with Crippen LogP contribution in [-0.2, 0) is 0 Å². The first-order chi connectivity index (χ1) is 14.9. The maximum absolute atomic E-state index is 13.3. The maximum Gasteiger partial charge on any atom is 0.287 e. The van der Waals surface area contributed by atoms with Crippen LogP contribution in [0.2, 0.25) is 10.0 Å². The summed E-state index contributed by atoms with van der Waals surface area (Å²) < 4.78 is 5.30. The molecule has 1 aliphatic heterocycles.